The Hall–Kier alpha value is -0.610. The van der Waals surface area contributed by atoms with Gasteiger partial charge >= 0.3 is 0 Å². The highest BCUT2D eigenvalue weighted by atomic mass is 16.5. The summed E-state index contributed by atoms with van der Waals surface area (Å²) in [5.41, 5.74) is 5.42. The quantitative estimate of drug-likeness (QED) is 0.640. The molecule has 1 aliphatic rings. The molecule has 0 aromatic heterocycles. The molecule has 3 N–H and O–H groups in total. The number of ether oxygens (including phenoxy) is 1. The second-order valence-corrected chi connectivity index (χ2v) is 4.04. The maximum Gasteiger partial charge on any atom is 0.224 e. The van der Waals surface area contributed by atoms with Crippen molar-refractivity contribution in [2.24, 2.45) is 17.6 Å². The van der Waals surface area contributed by atoms with E-state index in [1.807, 2.05) is 6.92 Å². The highest BCUT2D eigenvalue weighted by molar-refractivity contribution is 5.78. The second kappa shape index (κ2) is 5.32. The van der Waals surface area contributed by atoms with Crippen molar-refractivity contribution in [3.05, 3.63) is 0 Å². The molecule has 0 saturated heterocycles. The molecular weight excluding hydrogens is 180 g/mol. The van der Waals surface area contributed by atoms with Crippen LogP contribution in [0.5, 0.6) is 0 Å². The maximum atomic E-state index is 11.5. The molecule has 1 rings (SSSR count). The number of amides is 1. The van der Waals surface area contributed by atoms with E-state index in [0.717, 1.165) is 0 Å². The van der Waals surface area contributed by atoms with Crippen LogP contribution in [0.4, 0.5) is 0 Å². The Kier molecular flexibility index (Phi) is 4.35. The highest BCUT2D eigenvalue weighted by Gasteiger charge is 2.32. The monoisotopic (exact) mass is 200 g/mol. The first kappa shape index (κ1) is 11.5. The molecule has 1 fully saturated rings. The molecule has 1 amide bonds. The van der Waals surface area contributed by atoms with E-state index in [-0.39, 0.29) is 17.9 Å². The normalized spacial score (nSPS) is 20.2. The van der Waals surface area contributed by atoms with Crippen LogP contribution in [0.3, 0.4) is 0 Å². The molecule has 2 atom stereocenters. The topological polar surface area (TPSA) is 64.3 Å². The summed E-state index contributed by atoms with van der Waals surface area (Å²) in [4.78, 5) is 11.5. The average Bonchev–Trinajstić information content (AvgIpc) is 2.99. The zero-order chi connectivity index (χ0) is 10.6. The van der Waals surface area contributed by atoms with Crippen LogP contribution in [-0.4, -0.2) is 32.2 Å². The lowest BCUT2D eigenvalue weighted by molar-refractivity contribution is -0.125. The van der Waals surface area contributed by atoms with Gasteiger partial charge in [-0.15, -0.1) is 0 Å². The van der Waals surface area contributed by atoms with Gasteiger partial charge in [-0.1, -0.05) is 6.92 Å². The minimum absolute atomic E-state index is 0.0430. The standard InChI is InChI=1S/C10H20N2O2/c1-7(5-11)10(13)12-9(6-14-2)8-3-4-8/h7-9H,3-6,11H2,1-2H3,(H,12,13). The molecule has 0 radical (unpaired) electrons. The molecule has 82 valence electrons. The first-order chi connectivity index (χ1) is 6.69. The number of hydrogen-bond donors (Lipinski definition) is 2. The number of rotatable bonds is 6. The fourth-order valence-corrected chi connectivity index (χ4v) is 1.41. The van der Waals surface area contributed by atoms with Gasteiger partial charge < -0.3 is 15.8 Å². The van der Waals surface area contributed by atoms with Gasteiger partial charge in [0.2, 0.25) is 5.91 Å². The first-order valence-electron chi connectivity index (χ1n) is 5.18. The third kappa shape index (κ3) is 3.27. The van der Waals surface area contributed by atoms with Gasteiger partial charge in [-0.25, -0.2) is 0 Å². The number of carbonyl (C=O) groups is 1. The van der Waals surface area contributed by atoms with Crippen molar-refractivity contribution in [2.45, 2.75) is 25.8 Å². The maximum absolute atomic E-state index is 11.5. The number of nitrogens with two attached hydrogens (primary N) is 1. The Morgan fingerprint density at radius 3 is 2.71 bits per heavy atom. The summed E-state index contributed by atoms with van der Waals surface area (Å²) in [5, 5.41) is 2.99. The van der Waals surface area contributed by atoms with Crippen molar-refractivity contribution in [3.63, 3.8) is 0 Å². The predicted molar refractivity (Wildman–Crippen MR) is 54.7 cm³/mol. The SMILES string of the molecule is COCC(NC(=O)C(C)CN)C1CC1. The van der Waals surface area contributed by atoms with E-state index < -0.39 is 0 Å². The first-order valence-corrected chi connectivity index (χ1v) is 5.18. The second-order valence-electron chi connectivity index (χ2n) is 4.04. The summed E-state index contributed by atoms with van der Waals surface area (Å²) in [6.07, 6.45) is 2.40. The van der Waals surface area contributed by atoms with Crippen LogP contribution in [0.25, 0.3) is 0 Å². The molecule has 14 heavy (non-hydrogen) atoms. The van der Waals surface area contributed by atoms with Crippen LogP contribution in [0, 0.1) is 11.8 Å². The minimum Gasteiger partial charge on any atom is -0.383 e. The highest BCUT2D eigenvalue weighted by Crippen LogP contribution is 2.32. The molecule has 0 spiro atoms. The smallest absolute Gasteiger partial charge is 0.224 e. The molecule has 0 aromatic rings. The summed E-state index contributed by atoms with van der Waals surface area (Å²) in [7, 11) is 1.66. The van der Waals surface area contributed by atoms with Crippen LogP contribution in [0.1, 0.15) is 19.8 Å². The molecule has 2 unspecified atom stereocenters. The zero-order valence-electron chi connectivity index (χ0n) is 8.95. The zero-order valence-corrected chi connectivity index (χ0v) is 8.95. The largest absolute Gasteiger partial charge is 0.383 e. The summed E-state index contributed by atoms with van der Waals surface area (Å²) >= 11 is 0. The van der Waals surface area contributed by atoms with Crippen LogP contribution >= 0.6 is 0 Å². The van der Waals surface area contributed by atoms with Crippen LogP contribution in [-0.2, 0) is 9.53 Å². The Morgan fingerprint density at radius 1 is 1.64 bits per heavy atom. The van der Waals surface area contributed by atoms with E-state index in [1.165, 1.54) is 12.8 Å². The lowest BCUT2D eigenvalue weighted by Crippen LogP contribution is -2.43. The van der Waals surface area contributed by atoms with E-state index in [4.69, 9.17) is 10.5 Å². The Bertz CT molecular complexity index is 193. The van der Waals surface area contributed by atoms with Gasteiger partial charge in [0.15, 0.2) is 0 Å². The summed E-state index contributed by atoms with van der Waals surface area (Å²) in [5.74, 6) is 0.554. The molecule has 0 bridgehead atoms. The van der Waals surface area contributed by atoms with Gasteiger partial charge in [0.25, 0.3) is 0 Å². The lowest BCUT2D eigenvalue weighted by atomic mass is 10.1. The number of methoxy groups -OCH3 is 1. The van der Waals surface area contributed by atoms with Crippen molar-refractivity contribution in [1.29, 1.82) is 0 Å². The van der Waals surface area contributed by atoms with Crippen molar-refractivity contribution < 1.29 is 9.53 Å². The van der Waals surface area contributed by atoms with E-state index in [2.05, 4.69) is 5.32 Å². The lowest BCUT2D eigenvalue weighted by Gasteiger charge is -2.19. The van der Waals surface area contributed by atoms with E-state index in [9.17, 15) is 4.79 Å². The molecule has 0 aromatic carbocycles. The fourth-order valence-electron chi connectivity index (χ4n) is 1.41. The molecule has 4 heteroatoms. The Labute approximate surface area is 85.2 Å². The van der Waals surface area contributed by atoms with Gasteiger partial charge in [0, 0.05) is 19.6 Å². The van der Waals surface area contributed by atoms with Gasteiger partial charge in [0.05, 0.1) is 12.6 Å². The average molecular weight is 200 g/mol. The van der Waals surface area contributed by atoms with Crippen molar-refractivity contribution in [1.82, 2.24) is 5.32 Å². The fraction of sp³-hybridized carbons (Fsp3) is 0.900. The van der Waals surface area contributed by atoms with Gasteiger partial charge in [-0.3, -0.25) is 4.79 Å². The van der Waals surface area contributed by atoms with Crippen molar-refractivity contribution in [2.75, 3.05) is 20.3 Å². The molecule has 0 heterocycles. The number of carbonyl (C=O) groups excluding carboxylic acids is 1. The predicted octanol–water partition coefficient (Wildman–Crippen LogP) is 0.122. The Morgan fingerprint density at radius 2 is 2.29 bits per heavy atom. The number of hydrogen-bond acceptors (Lipinski definition) is 3. The number of nitrogens with one attached hydrogen (secondary N) is 1. The third-order valence-corrected chi connectivity index (χ3v) is 2.67. The van der Waals surface area contributed by atoms with Crippen molar-refractivity contribution in [3.8, 4) is 0 Å². The van der Waals surface area contributed by atoms with Crippen LogP contribution in [0.15, 0.2) is 0 Å². The van der Waals surface area contributed by atoms with E-state index >= 15 is 0 Å². The third-order valence-electron chi connectivity index (χ3n) is 2.67. The molecule has 0 aliphatic heterocycles. The summed E-state index contributed by atoms with van der Waals surface area (Å²) < 4.78 is 5.07. The van der Waals surface area contributed by atoms with E-state index in [0.29, 0.717) is 19.1 Å². The molecular formula is C10H20N2O2. The van der Waals surface area contributed by atoms with Gasteiger partial charge in [-0.2, -0.15) is 0 Å². The molecule has 1 aliphatic carbocycles. The van der Waals surface area contributed by atoms with Gasteiger partial charge in [0.1, 0.15) is 0 Å². The molecule has 4 nitrogen and oxygen atoms in total. The Balaban J connectivity index is 2.34. The summed E-state index contributed by atoms with van der Waals surface area (Å²) in [6.45, 7) is 2.84. The van der Waals surface area contributed by atoms with Gasteiger partial charge in [-0.05, 0) is 18.8 Å². The minimum atomic E-state index is -0.104. The van der Waals surface area contributed by atoms with Crippen LogP contribution < -0.4 is 11.1 Å². The van der Waals surface area contributed by atoms with Crippen molar-refractivity contribution >= 4 is 5.91 Å². The van der Waals surface area contributed by atoms with E-state index in [1.54, 1.807) is 7.11 Å². The van der Waals surface area contributed by atoms with Crippen LogP contribution in [0.2, 0.25) is 0 Å². The summed E-state index contributed by atoms with van der Waals surface area (Å²) in [6, 6.07) is 0.182. The molecule has 1 saturated carbocycles.